The van der Waals surface area contributed by atoms with Gasteiger partial charge in [-0.1, -0.05) is 0 Å². The Hall–Kier alpha value is -2.08. The van der Waals surface area contributed by atoms with Gasteiger partial charge >= 0.3 is 5.97 Å². The fourth-order valence-corrected chi connectivity index (χ4v) is 4.25. The van der Waals surface area contributed by atoms with E-state index in [0.717, 1.165) is 0 Å². The molecule has 0 bridgehead atoms. The lowest BCUT2D eigenvalue weighted by Crippen LogP contribution is -2.51. The number of rotatable bonds is 7. The zero-order chi connectivity index (χ0) is 20.8. The van der Waals surface area contributed by atoms with Gasteiger partial charge in [-0.25, -0.2) is 9.98 Å². The second-order valence-electron chi connectivity index (χ2n) is 8.28. The molecule has 0 amide bonds. The van der Waals surface area contributed by atoms with E-state index in [1.165, 1.54) is 6.34 Å². The zero-order valence-electron chi connectivity index (χ0n) is 16.8. The first-order valence-corrected chi connectivity index (χ1v) is 9.82. The molecule has 3 N–H and O–H groups in total. The van der Waals surface area contributed by atoms with Gasteiger partial charge in [-0.15, -0.1) is 0 Å². The van der Waals surface area contributed by atoms with E-state index in [1.54, 1.807) is 6.34 Å². The standard InChI is InChI=1S/C18H28N6O5/c1-18(2)28-13-10(7-23(3)6-4-5-11(25)26)27-17(14(13)29-18)24-9-22-12-15(19)20-8-21-16(12)24/h8-10,12-14,16-17H,4-7H2,1-3H3,(H,25,26)(H2,19,20,21)/t10?,12?,13-,14-,16?,17?/m1/s1. The summed E-state index contributed by atoms with van der Waals surface area (Å²) in [6, 6.07) is -0.324. The molecule has 4 unspecified atom stereocenters. The maximum atomic E-state index is 10.7. The van der Waals surface area contributed by atoms with E-state index in [2.05, 4.69) is 19.9 Å². The summed E-state index contributed by atoms with van der Waals surface area (Å²) in [6.45, 7) is 5.04. The molecule has 11 heteroatoms. The normalized spacial score (nSPS) is 37.1. The minimum atomic E-state index is -0.788. The van der Waals surface area contributed by atoms with Gasteiger partial charge in [0, 0.05) is 13.0 Å². The van der Waals surface area contributed by atoms with E-state index in [-0.39, 0.29) is 36.9 Å². The summed E-state index contributed by atoms with van der Waals surface area (Å²) >= 11 is 0. The first-order valence-electron chi connectivity index (χ1n) is 9.82. The van der Waals surface area contributed by atoms with Crippen LogP contribution in [0.25, 0.3) is 0 Å². The van der Waals surface area contributed by atoms with E-state index in [9.17, 15) is 4.79 Å². The van der Waals surface area contributed by atoms with Crippen LogP contribution in [-0.4, -0.2) is 102 Å². The van der Waals surface area contributed by atoms with Crippen LogP contribution >= 0.6 is 0 Å². The summed E-state index contributed by atoms with van der Waals surface area (Å²) in [4.78, 5) is 27.6. The van der Waals surface area contributed by atoms with Crippen LogP contribution in [0.15, 0.2) is 15.0 Å². The average Bonchev–Trinajstić information content (AvgIpc) is 3.27. The predicted molar refractivity (Wildman–Crippen MR) is 105 cm³/mol. The van der Waals surface area contributed by atoms with Crippen molar-refractivity contribution in [2.45, 2.75) is 69.2 Å². The van der Waals surface area contributed by atoms with Gasteiger partial charge in [-0.05, 0) is 33.9 Å². The van der Waals surface area contributed by atoms with Crippen molar-refractivity contribution in [3.63, 3.8) is 0 Å². The van der Waals surface area contributed by atoms with Crippen LogP contribution in [0.5, 0.6) is 0 Å². The highest BCUT2D eigenvalue weighted by atomic mass is 16.8. The molecule has 2 saturated heterocycles. The topological polar surface area (TPSA) is 135 Å². The molecule has 4 heterocycles. The van der Waals surface area contributed by atoms with Crippen LogP contribution in [0.2, 0.25) is 0 Å². The van der Waals surface area contributed by atoms with E-state index >= 15 is 0 Å². The van der Waals surface area contributed by atoms with Crippen molar-refractivity contribution < 1.29 is 24.1 Å². The Morgan fingerprint density at radius 3 is 2.86 bits per heavy atom. The van der Waals surface area contributed by atoms with E-state index < -0.39 is 18.0 Å². The smallest absolute Gasteiger partial charge is 0.303 e. The van der Waals surface area contributed by atoms with Gasteiger partial charge in [-0.2, -0.15) is 0 Å². The summed E-state index contributed by atoms with van der Waals surface area (Å²) in [5, 5.41) is 8.83. The van der Waals surface area contributed by atoms with E-state index in [1.807, 2.05) is 25.8 Å². The number of carboxylic acid groups (broad SMARTS) is 1. The van der Waals surface area contributed by atoms with Gasteiger partial charge in [0.1, 0.15) is 36.5 Å². The summed E-state index contributed by atoms with van der Waals surface area (Å²) in [5.74, 6) is -1.08. The Balaban J connectivity index is 1.45. The van der Waals surface area contributed by atoms with Crippen LogP contribution in [-0.2, 0) is 19.0 Å². The van der Waals surface area contributed by atoms with Crippen LogP contribution in [0.4, 0.5) is 0 Å². The van der Waals surface area contributed by atoms with Crippen molar-refractivity contribution in [2.24, 2.45) is 20.7 Å². The summed E-state index contributed by atoms with van der Waals surface area (Å²) in [6.07, 6.45) is 2.38. The third-order valence-electron chi connectivity index (χ3n) is 5.52. The highest BCUT2D eigenvalue weighted by molar-refractivity contribution is 5.96. The van der Waals surface area contributed by atoms with Crippen molar-refractivity contribution >= 4 is 24.5 Å². The Morgan fingerprint density at radius 2 is 2.10 bits per heavy atom. The molecule has 160 valence electrons. The molecule has 6 atom stereocenters. The molecule has 0 spiro atoms. The van der Waals surface area contributed by atoms with Crippen LogP contribution in [0.3, 0.4) is 0 Å². The number of amidine groups is 1. The second-order valence-corrected chi connectivity index (χ2v) is 8.28. The van der Waals surface area contributed by atoms with Gasteiger partial charge in [-0.3, -0.25) is 9.79 Å². The SMILES string of the molecule is CN(CCCC(=O)O)CC1OC(N2C=NC3C(N)=NC=NC32)[C@@H]2OC(C)(C)O[C@H]12. The molecule has 0 saturated carbocycles. The Labute approximate surface area is 169 Å². The molecule has 0 aromatic heterocycles. The van der Waals surface area contributed by atoms with Gasteiger partial charge in [0.05, 0.1) is 6.34 Å². The summed E-state index contributed by atoms with van der Waals surface area (Å²) < 4.78 is 18.7. The lowest BCUT2D eigenvalue weighted by atomic mass is 10.1. The Kier molecular flexibility index (Phi) is 5.32. The lowest BCUT2D eigenvalue weighted by molar-refractivity contribution is -0.202. The quantitative estimate of drug-likeness (QED) is 0.574. The van der Waals surface area contributed by atoms with Crippen LogP contribution in [0.1, 0.15) is 26.7 Å². The number of ether oxygens (including phenoxy) is 3. The molecule has 4 rings (SSSR count). The molecule has 0 radical (unpaired) electrons. The van der Waals surface area contributed by atoms with E-state index in [4.69, 9.17) is 25.1 Å². The molecular weight excluding hydrogens is 380 g/mol. The predicted octanol–water partition coefficient (Wildman–Crippen LogP) is -0.534. The zero-order valence-corrected chi connectivity index (χ0v) is 16.8. The van der Waals surface area contributed by atoms with Crippen molar-refractivity contribution in [3.8, 4) is 0 Å². The summed E-state index contributed by atoms with van der Waals surface area (Å²) in [7, 11) is 1.95. The van der Waals surface area contributed by atoms with Gasteiger partial charge in [0.2, 0.25) is 0 Å². The fraction of sp³-hybridized carbons (Fsp3) is 0.778. The number of fused-ring (bicyclic) bond motifs is 2. The number of nitrogens with two attached hydrogens (primary N) is 1. The monoisotopic (exact) mass is 408 g/mol. The van der Waals surface area contributed by atoms with Crippen molar-refractivity contribution in [3.05, 3.63) is 0 Å². The van der Waals surface area contributed by atoms with Gasteiger partial charge < -0.3 is 34.9 Å². The molecular formula is C18H28N6O5. The molecule has 29 heavy (non-hydrogen) atoms. The maximum Gasteiger partial charge on any atom is 0.303 e. The van der Waals surface area contributed by atoms with Crippen LogP contribution in [0, 0.1) is 0 Å². The fourth-order valence-electron chi connectivity index (χ4n) is 4.25. The van der Waals surface area contributed by atoms with Crippen molar-refractivity contribution in [1.82, 2.24) is 9.80 Å². The number of nitrogens with zero attached hydrogens (tertiary/aromatic N) is 5. The molecule has 4 aliphatic rings. The third kappa shape index (κ3) is 4.00. The first-order chi connectivity index (χ1) is 13.7. The molecule has 4 aliphatic heterocycles. The number of hydrogen-bond donors (Lipinski definition) is 2. The molecule has 0 aromatic rings. The van der Waals surface area contributed by atoms with Gasteiger partial charge in [0.25, 0.3) is 0 Å². The third-order valence-corrected chi connectivity index (χ3v) is 5.52. The first kappa shape index (κ1) is 20.2. The number of aliphatic imine (C=N–C) groups is 3. The average molecular weight is 408 g/mol. The number of hydrogen-bond acceptors (Lipinski definition) is 10. The largest absolute Gasteiger partial charge is 0.481 e. The Bertz CT molecular complexity index is 740. The maximum absolute atomic E-state index is 10.7. The molecule has 11 nitrogen and oxygen atoms in total. The highest BCUT2D eigenvalue weighted by Crippen LogP contribution is 2.41. The number of likely N-dealkylation sites (N-methyl/N-ethyl adjacent to an activating group) is 1. The summed E-state index contributed by atoms with van der Waals surface area (Å²) in [5.41, 5.74) is 5.96. The molecule has 0 aromatic carbocycles. The van der Waals surface area contributed by atoms with Crippen molar-refractivity contribution in [2.75, 3.05) is 20.1 Å². The van der Waals surface area contributed by atoms with Crippen LogP contribution < -0.4 is 5.73 Å². The second kappa shape index (κ2) is 7.63. The lowest BCUT2D eigenvalue weighted by Gasteiger charge is -2.33. The molecule has 0 aliphatic carbocycles. The van der Waals surface area contributed by atoms with E-state index in [0.29, 0.717) is 25.3 Å². The minimum absolute atomic E-state index is 0.144. The number of carboxylic acids is 1. The minimum Gasteiger partial charge on any atom is -0.481 e. The van der Waals surface area contributed by atoms with Crippen molar-refractivity contribution in [1.29, 1.82) is 0 Å². The number of aliphatic carboxylic acids is 1. The highest BCUT2D eigenvalue weighted by Gasteiger charge is 2.58. The Morgan fingerprint density at radius 1 is 1.34 bits per heavy atom. The number of carbonyl (C=O) groups is 1. The molecule has 2 fully saturated rings. The van der Waals surface area contributed by atoms with Gasteiger partial charge in [0.15, 0.2) is 18.2 Å².